The fourth-order valence-corrected chi connectivity index (χ4v) is 5.75. The van der Waals surface area contributed by atoms with E-state index in [-0.39, 0.29) is 17.2 Å². The van der Waals surface area contributed by atoms with E-state index in [1.165, 1.54) is 22.1 Å². The summed E-state index contributed by atoms with van der Waals surface area (Å²) in [6.45, 7) is 5.34. The molecule has 1 aromatic heterocycles. The number of methoxy groups -OCH3 is 1. The molecule has 1 fully saturated rings. The highest BCUT2D eigenvalue weighted by Crippen LogP contribution is 2.43. The quantitative estimate of drug-likeness (QED) is 0.609. The van der Waals surface area contributed by atoms with E-state index >= 15 is 0 Å². The van der Waals surface area contributed by atoms with E-state index in [1.54, 1.807) is 7.11 Å². The van der Waals surface area contributed by atoms with Crippen molar-refractivity contribution in [3.8, 4) is 5.75 Å². The molecule has 0 amide bonds. The summed E-state index contributed by atoms with van der Waals surface area (Å²) in [5, 5.41) is 4.68. The Bertz CT molecular complexity index is 1080. The summed E-state index contributed by atoms with van der Waals surface area (Å²) in [7, 11) is 1.68. The minimum atomic E-state index is -0.310. The Morgan fingerprint density at radius 3 is 2.45 bits per heavy atom. The number of benzene rings is 2. The molecule has 2 unspecified atom stereocenters. The van der Waals surface area contributed by atoms with Crippen molar-refractivity contribution < 1.29 is 9.53 Å². The van der Waals surface area contributed by atoms with Crippen LogP contribution in [-0.2, 0) is 0 Å². The number of fused-ring (bicyclic) bond motifs is 1. The number of para-hydroxylation sites is 2. The Balaban J connectivity index is 1.44. The highest BCUT2D eigenvalue weighted by atomic mass is 32.2. The van der Waals surface area contributed by atoms with E-state index in [4.69, 9.17) is 4.74 Å². The second kappa shape index (κ2) is 8.36. The van der Waals surface area contributed by atoms with Crippen LogP contribution in [-0.4, -0.2) is 64.1 Å². The Labute approximate surface area is 186 Å². The van der Waals surface area contributed by atoms with Crippen molar-refractivity contribution in [2.24, 2.45) is 0 Å². The fraction of sp³-hybridized carbons (Fsp3) is 0.348. The van der Waals surface area contributed by atoms with Gasteiger partial charge in [0.1, 0.15) is 16.8 Å². The Kier molecular flexibility index (Phi) is 5.41. The standard InChI is InChI=1S/C23H25N5O2S/c1-16-24-23-28(25-16)22(29)21(31-23)20(18-10-6-7-11-19(18)30-2)27-14-12-26(13-15-27)17-8-4-3-5-9-17/h3-11,20-21H,12-15H2,1-2H3. The van der Waals surface area contributed by atoms with Crippen LogP contribution in [0, 0.1) is 6.92 Å². The summed E-state index contributed by atoms with van der Waals surface area (Å²) in [4.78, 5) is 22.6. The minimum Gasteiger partial charge on any atom is -0.496 e. The van der Waals surface area contributed by atoms with E-state index in [2.05, 4.69) is 50.2 Å². The van der Waals surface area contributed by atoms with Gasteiger partial charge in [-0.3, -0.25) is 9.69 Å². The summed E-state index contributed by atoms with van der Waals surface area (Å²) in [6.07, 6.45) is 0. The highest BCUT2D eigenvalue weighted by Gasteiger charge is 2.44. The van der Waals surface area contributed by atoms with Crippen LogP contribution in [0.3, 0.4) is 0 Å². The smallest absolute Gasteiger partial charge is 0.264 e. The second-order valence-corrected chi connectivity index (χ2v) is 8.88. The van der Waals surface area contributed by atoms with Gasteiger partial charge in [-0.1, -0.05) is 48.2 Å². The summed E-state index contributed by atoms with van der Waals surface area (Å²) >= 11 is 1.51. The van der Waals surface area contributed by atoms with Crippen LogP contribution in [0.15, 0.2) is 59.8 Å². The number of anilines is 1. The maximum absolute atomic E-state index is 13.3. The molecule has 160 valence electrons. The van der Waals surface area contributed by atoms with Crippen molar-refractivity contribution in [3.63, 3.8) is 0 Å². The number of carbonyl (C=O) groups excluding carboxylic acids is 1. The maximum Gasteiger partial charge on any atom is 0.264 e. The molecule has 2 aliphatic heterocycles. The Morgan fingerprint density at radius 2 is 1.74 bits per heavy atom. The topological polar surface area (TPSA) is 63.5 Å². The lowest BCUT2D eigenvalue weighted by molar-refractivity contribution is 0.0828. The van der Waals surface area contributed by atoms with E-state index in [0.29, 0.717) is 11.0 Å². The van der Waals surface area contributed by atoms with Crippen molar-refractivity contribution in [1.82, 2.24) is 19.7 Å². The third-order valence-electron chi connectivity index (χ3n) is 5.94. The molecule has 0 N–H and O–H groups in total. The van der Waals surface area contributed by atoms with Crippen molar-refractivity contribution in [3.05, 3.63) is 66.0 Å². The summed E-state index contributed by atoms with van der Waals surface area (Å²) in [6, 6.07) is 18.4. The SMILES string of the molecule is COc1ccccc1C(C1Sc2nc(C)nn2C1=O)N1CCN(c2ccccc2)CC1. The molecule has 0 saturated carbocycles. The van der Waals surface area contributed by atoms with Gasteiger partial charge in [0.05, 0.1) is 13.2 Å². The normalized spacial score (nSPS) is 20.0. The third-order valence-corrected chi connectivity index (χ3v) is 7.13. The summed E-state index contributed by atoms with van der Waals surface area (Å²) < 4.78 is 7.15. The maximum atomic E-state index is 13.3. The van der Waals surface area contributed by atoms with E-state index < -0.39 is 0 Å². The molecule has 8 heteroatoms. The predicted molar refractivity (Wildman–Crippen MR) is 121 cm³/mol. The Hall–Kier alpha value is -2.84. The predicted octanol–water partition coefficient (Wildman–Crippen LogP) is 3.27. The Morgan fingerprint density at radius 1 is 1.03 bits per heavy atom. The first kappa shape index (κ1) is 20.1. The van der Waals surface area contributed by atoms with Crippen molar-refractivity contribution in [2.75, 3.05) is 38.2 Å². The largest absolute Gasteiger partial charge is 0.496 e. The van der Waals surface area contributed by atoms with Gasteiger partial charge < -0.3 is 9.64 Å². The lowest BCUT2D eigenvalue weighted by Crippen LogP contribution is -2.50. The third kappa shape index (κ3) is 3.70. The fourth-order valence-electron chi connectivity index (χ4n) is 4.46. The van der Waals surface area contributed by atoms with Crippen molar-refractivity contribution in [2.45, 2.75) is 23.4 Å². The van der Waals surface area contributed by atoms with Crippen molar-refractivity contribution in [1.29, 1.82) is 0 Å². The van der Waals surface area contributed by atoms with Gasteiger partial charge in [0.15, 0.2) is 5.16 Å². The average molecular weight is 436 g/mol. The molecule has 0 spiro atoms. The van der Waals surface area contributed by atoms with Gasteiger partial charge in [0.2, 0.25) is 0 Å². The number of nitrogens with zero attached hydrogens (tertiary/aromatic N) is 5. The zero-order valence-corrected chi connectivity index (χ0v) is 18.5. The number of aryl methyl sites for hydroxylation is 1. The molecule has 0 radical (unpaired) electrons. The summed E-state index contributed by atoms with van der Waals surface area (Å²) in [5.41, 5.74) is 2.27. The van der Waals surface area contributed by atoms with Crippen LogP contribution in [0.1, 0.15) is 22.2 Å². The van der Waals surface area contributed by atoms with Crippen LogP contribution < -0.4 is 9.64 Å². The average Bonchev–Trinajstić information content (AvgIpc) is 3.32. The molecule has 3 heterocycles. The molecule has 5 rings (SSSR count). The number of piperazine rings is 1. The van der Waals surface area contributed by atoms with E-state index in [9.17, 15) is 4.79 Å². The lowest BCUT2D eigenvalue weighted by atomic mass is 9.98. The number of hydrogen-bond donors (Lipinski definition) is 0. The molecule has 31 heavy (non-hydrogen) atoms. The zero-order chi connectivity index (χ0) is 21.4. The highest BCUT2D eigenvalue weighted by molar-refractivity contribution is 8.00. The van der Waals surface area contributed by atoms with Gasteiger partial charge in [-0.05, 0) is 25.1 Å². The molecule has 2 aromatic carbocycles. The van der Waals surface area contributed by atoms with Crippen LogP contribution in [0.4, 0.5) is 5.69 Å². The van der Waals surface area contributed by atoms with Gasteiger partial charge in [-0.2, -0.15) is 4.68 Å². The van der Waals surface area contributed by atoms with Gasteiger partial charge >= 0.3 is 0 Å². The van der Waals surface area contributed by atoms with Crippen LogP contribution >= 0.6 is 11.8 Å². The number of hydrogen-bond acceptors (Lipinski definition) is 7. The lowest BCUT2D eigenvalue weighted by Gasteiger charge is -2.41. The molecular weight excluding hydrogens is 410 g/mol. The van der Waals surface area contributed by atoms with Crippen molar-refractivity contribution >= 4 is 23.4 Å². The second-order valence-electron chi connectivity index (χ2n) is 7.78. The zero-order valence-electron chi connectivity index (χ0n) is 17.6. The van der Waals surface area contributed by atoms with Gasteiger partial charge in [0, 0.05) is 37.4 Å². The minimum absolute atomic E-state index is 0.0120. The van der Waals surface area contributed by atoms with E-state index in [0.717, 1.165) is 37.5 Å². The van der Waals surface area contributed by atoms with Gasteiger partial charge in [0.25, 0.3) is 5.91 Å². The van der Waals surface area contributed by atoms with Crippen LogP contribution in [0.2, 0.25) is 0 Å². The first-order valence-electron chi connectivity index (χ1n) is 10.5. The number of ether oxygens (including phenoxy) is 1. The molecule has 2 aliphatic rings. The molecule has 7 nitrogen and oxygen atoms in total. The molecule has 0 aliphatic carbocycles. The molecular formula is C23H25N5O2S. The molecule has 1 saturated heterocycles. The van der Waals surface area contributed by atoms with E-state index in [1.807, 2.05) is 31.2 Å². The van der Waals surface area contributed by atoms with Crippen LogP contribution in [0.5, 0.6) is 5.75 Å². The monoisotopic (exact) mass is 435 g/mol. The molecule has 3 aromatic rings. The number of rotatable bonds is 5. The van der Waals surface area contributed by atoms with Gasteiger partial charge in [-0.25, -0.2) is 4.98 Å². The number of aromatic nitrogens is 3. The summed E-state index contributed by atoms with van der Waals surface area (Å²) in [5.74, 6) is 1.42. The first-order chi connectivity index (χ1) is 15.2. The number of carbonyl (C=O) groups is 1. The molecule has 2 atom stereocenters. The van der Waals surface area contributed by atoms with Gasteiger partial charge in [-0.15, -0.1) is 5.10 Å². The van der Waals surface area contributed by atoms with Crippen LogP contribution in [0.25, 0.3) is 0 Å². The first-order valence-corrected chi connectivity index (χ1v) is 11.3. The molecule has 0 bridgehead atoms. The number of thioether (sulfide) groups is 1.